The largest absolute Gasteiger partial charge is 0.351 e. The summed E-state index contributed by atoms with van der Waals surface area (Å²) in [6.45, 7) is 0.349. The third-order valence-electron chi connectivity index (χ3n) is 3.42. The molecule has 0 radical (unpaired) electrons. The monoisotopic (exact) mass is 374 g/mol. The molecule has 21 heavy (non-hydrogen) atoms. The Balaban J connectivity index is 1.92. The molecule has 7 heteroatoms. The molecular formula is C14H19BrN2O3S. The summed E-state index contributed by atoms with van der Waals surface area (Å²) in [5, 5.41) is 2.73. The fourth-order valence-electron chi connectivity index (χ4n) is 2.25. The summed E-state index contributed by atoms with van der Waals surface area (Å²) in [6.07, 6.45) is 2.10. The molecule has 1 aromatic carbocycles. The molecule has 3 N–H and O–H groups in total. The van der Waals surface area contributed by atoms with Crippen LogP contribution in [0.15, 0.2) is 28.7 Å². The molecule has 1 aliphatic carbocycles. The van der Waals surface area contributed by atoms with Crippen LogP contribution >= 0.6 is 15.9 Å². The Labute approximate surface area is 133 Å². The van der Waals surface area contributed by atoms with Crippen molar-refractivity contribution in [3.8, 4) is 0 Å². The van der Waals surface area contributed by atoms with E-state index in [-0.39, 0.29) is 11.8 Å². The lowest BCUT2D eigenvalue weighted by atomic mass is 10.2. The standard InChI is InChI=1S/C14H19BrN2O3S/c15-12-3-1-2-10(6-12)8-21(19,20)9-14(18)17-13(7-16)11-4-5-11/h1-3,6,11,13H,4-5,7-9,16H2,(H,17,18). The highest BCUT2D eigenvalue weighted by Crippen LogP contribution is 2.32. The molecule has 0 heterocycles. The van der Waals surface area contributed by atoms with E-state index in [9.17, 15) is 13.2 Å². The predicted octanol–water partition coefficient (Wildman–Crippen LogP) is 1.22. The van der Waals surface area contributed by atoms with Crippen molar-refractivity contribution in [3.63, 3.8) is 0 Å². The number of sulfone groups is 1. The Morgan fingerprint density at radius 3 is 2.71 bits per heavy atom. The van der Waals surface area contributed by atoms with Gasteiger partial charge in [-0.25, -0.2) is 8.42 Å². The molecule has 1 aromatic rings. The van der Waals surface area contributed by atoms with Gasteiger partial charge in [0.15, 0.2) is 9.84 Å². The topological polar surface area (TPSA) is 89.3 Å². The van der Waals surface area contributed by atoms with Crippen molar-refractivity contribution >= 4 is 31.7 Å². The molecule has 1 unspecified atom stereocenters. The second-order valence-corrected chi connectivity index (χ2v) is 8.39. The lowest BCUT2D eigenvalue weighted by molar-refractivity contribution is -0.119. The SMILES string of the molecule is NCC(NC(=O)CS(=O)(=O)Cc1cccc(Br)c1)C1CC1. The minimum absolute atomic E-state index is 0.0985. The van der Waals surface area contributed by atoms with Gasteiger partial charge in [0, 0.05) is 17.1 Å². The molecule has 0 aromatic heterocycles. The molecule has 1 saturated carbocycles. The average molecular weight is 375 g/mol. The maximum atomic E-state index is 12.1. The number of carbonyl (C=O) groups excluding carboxylic acids is 1. The predicted molar refractivity (Wildman–Crippen MR) is 85.3 cm³/mol. The second-order valence-electron chi connectivity index (χ2n) is 5.41. The molecular weight excluding hydrogens is 356 g/mol. The van der Waals surface area contributed by atoms with Crippen molar-refractivity contribution in [2.75, 3.05) is 12.3 Å². The van der Waals surface area contributed by atoms with Gasteiger partial charge >= 0.3 is 0 Å². The highest BCUT2D eigenvalue weighted by Gasteiger charge is 2.32. The lowest BCUT2D eigenvalue weighted by Gasteiger charge is -2.16. The lowest BCUT2D eigenvalue weighted by Crippen LogP contribution is -2.44. The van der Waals surface area contributed by atoms with Crippen LogP contribution in [0, 0.1) is 5.92 Å². The van der Waals surface area contributed by atoms with E-state index in [2.05, 4.69) is 21.2 Å². The third-order valence-corrected chi connectivity index (χ3v) is 5.39. The smallest absolute Gasteiger partial charge is 0.235 e. The van der Waals surface area contributed by atoms with Crippen LogP contribution in [0.4, 0.5) is 0 Å². The zero-order valence-electron chi connectivity index (χ0n) is 11.6. The summed E-state index contributed by atoms with van der Waals surface area (Å²) >= 11 is 3.30. The highest BCUT2D eigenvalue weighted by molar-refractivity contribution is 9.10. The summed E-state index contributed by atoms with van der Waals surface area (Å²) in [5.41, 5.74) is 6.26. The molecule has 0 spiro atoms. The van der Waals surface area contributed by atoms with Crippen LogP contribution in [-0.4, -0.2) is 32.7 Å². The summed E-state index contributed by atoms with van der Waals surface area (Å²) in [7, 11) is -3.48. The average Bonchev–Trinajstić information content (AvgIpc) is 3.18. The minimum atomic E-state index is -3.48. The van der Waals surface area contributed by atoms with Crippen LogP contribution in [0.2, 0.25) is 0 Å². The molecule has 2 rings (SSSR count). The van der Waals surface area contributed by atoms with Gasteiger partial charge in [-0.3, -0.25) is 4.79 Å². The Bertz CT molecular complexity index is 614. The second kappa shape index (κ2) is 6.89. The molecule has 1 aliphatic rings. The number of hydrogen-bond acceptors (Lipinski definition) is 4. The van der Waals surface area contributed by atoms with E-state index >= 15 is 0 Å². The maximum absolute atomic E-state index is 12.1. The fraction of sp³-hybridized carbons (Fsp3) is 0.500. The van der Waals surface area contributed by atoms with Crippen LogP contribution in [0.1, 0.15) is 18.4 Å². The van der Waals surface area contributed by atoms with E-state index in [1.807, 2.05) is 6.07 Å². The van der Waals surface area contributed by atoms with Gasteiger partial charge in [-0.1, -0.05) is 28.1 Å². The van der Waals surface area contributed by atoms with E-state index in [1.54, 1.807) is 18.2 Å². The number of nitrogens with two attached hydrogens (primary N) is 1. The fourth-order valence-corrected chi connectivity index (χ4v) is 3.97. The first-order valence-corrected chi connectivity index (χ1v) is 9.45. The van der Waals surface area contributed by atoms with E-state index in [0.717, 1.165) is 17.3 Å². The van der Waals surface area contributed by atoms with Crippen molar-refractivity contribution in [1.29, 1.82) is 0 Å². The summed E-state index contributed by atoms with van der Waals surface area (Å²) in [5.74, 6) is -0.696. The number of hydrogen-bond donors (Lipinski definition) is 2. The quantitative estimate of drug-likeness (QED) is 0.750. The van der Waals surface area contributed by atoms with Gasteiger partial charge < -0.3 is 11.1 Å². The number of rotatable bonds is 7. The number of halogens is 1. The third kappa shape index (κ3) is 5.41. The number of benzene rings is 1. The van der Waals surface area contributed by atoms with Crippen LogP contribution in [0.3, 0.4) is 0 Å². The summed E-state index contributed by atoms with van der Waals surface area (Å²) in [4.78, 5) is 11.9. The maximum Gasteiger partial charge on any atom is 0.235 e. The molecule has 0 bridgehead atoms. The van der Waals surface area contributed by atoms with Gasteiger partial charge in [-0.15, -0.1) is 0 Å². The number of nitrogens with one attached hydrogen (secondary N) is 1. The Kier molecular flexibility index (Phi) is 5.40. The van der Waals surface area contributed by atoms with Gasteiger partial charge in [0.2, 0.25) is 5.91 Å². The molecule has 1 amide bonds. The zero-order chi connectivity index (χ0) is 15.5. The highest BCUT2D eigenvalue weighted by atomic mass is 79.9. The Morgan fingerprint density at radius 1 is 1.43 bits per heavy atom. The van der Waals surface area contributed by atoms with Crippen molar-refractivity contribution in [3.05, 3.63) is 34.3 Å². The van der Waals surface area contributed by atoms with Crippen molar-refractivity contribution in [2.24, 2.45) is 11.7 Å². The van der Waals surface area contributed by atoms with Crippen molar-refractivity contribution in [2.45, 2.75) is 24.6 Å². The van der Waals surface area contributed by atoms with Gasteiger partial charge in [0.05, 0.1) is 5.75 Å². The van der Waals surface area contributed by atoms with Gasteiger partial charge in [0.25, 0.3) is 0 Å². The molecule has 1 atom stereocenters. The van der Waals surface area contributed by atoms with E-state index in [0.29, 0.717) is 18.0 Å². The number of amides is 1. The molecule has 1 fully saturated rings. The molecule has 0 aliphatic heterocycles. The molecule has 0 saturated heterocycles. The van der Waals surface area contributed by atoms with Gasteiger partial charge in [-0.2, -0.15) is 0 Å². The first-order chi connectivity index (χ1) is 9.89. The summed E-state index contributed by atoms with van der Waals surface area (Å²) < 4.78 is 25.0. The van der Waals surface area contributed by atoms with Crippen LogP contribution in [-0.2, 0) is 20.4 Å². The normalized spacial score (nSPS) is 16.5. The first kappa shape index (κ1) is 16.5. The van der Waals surface area contributed by atoms with Gasteiger partial charge in [-0.05, 0) is 36.5 Å². The Morgan fingerprint density at radius 2 is 2.14 bits per heavy atom. The van der Waals surface area contributed by atoms with Gasteiger partial charge in [0.1, 0.15) is 5.75 Å². The van der Waals surface area contributed by atoms with E-state index in [1.165, 1.54) is 0 Å². The summed E-state index contributed by atoms with van der Waals surface area (Å²) in [6, 6.07) is 6.96. The van der Waals surface area contributed by atoms with Crippen molar-refractivity contribution in [1.82, 2.24) is 5.32 Å². The molecule has 5 nitrogen and oxygen atoms in total. The van der Waals surface area contributed by atoms with Crippen LogP contribution in [0.25, 0.3) is 0 Å². The minimum Gasteiger partial charge on any atom is -0.351 e. The first-order valence-electron chi connectivity index (χ1n) is 6.84. The number of carbonyl (C=O) groups is 1. The van der Waals surface area contributed by atoms with E-state index in [4.69, 9.17) is 5.73 Å². The molecule has 116 valence electrons. The Hall–Kier alpha value is -0.920. The van der Waals surface area contributed by atoms with Crippen molar-refractivity contribution < 1.29 is 13.2 Å². The zero-order valence-corrected chi connectivity index (χ0v) is 14.0. The van der Waals surface area contributed by atoms with Crippen LogP contribution in [0.5, 0.6) is 0 Å². The van der Waals surface area contributed by atoms with E-state index < -0.39 is 21.5 Å². The van der Waals surface area contributed by atoms with Crippen LogP contribution < -0.4 is 11.1 Å².